The maximum absolute atomic E-state index is 11.0. The first-order valence-corrected chi connectivity index (χ1v) is 5.45. The van der Waals surface area contributed by atoms with Gasteiger partial charge in [-0.05, 0) is 37.3 Å². The summed E-state index contributed by atoms with van der Waals surface area (Å²) in [5.74, 6) is -0.151. The highest BCUT2D eigenvalue weighted by molar-refractivity contribution is 5.88. The molecule has 3 nitrogen and oxygen atoms in total. The van der Waals surface area contributed by atoms with E-state index in [-0.39, 0.29) is 0 Å². The highest BCUT2D eigenvalue weighted by Crippen LogP contribution is 2.34. The van der Waals surface area contributed by atoms with Crippen LogP contribution in [0.15, 0.2) is 11.1 Å². The van der Waals surface area contributed by atoms with Gasteiger partial charge in [-0.3, -0.25) is 0 Å². The van der Waals surface area contributed by atoms with Gasteiger partial charge in [-0.1, -0.05) is 12.8 Å². The summed E-state index contributed by atoms with van der Waals surface area (Å²) < 4.78 is 0. The molecule has 0 aromatic rings. The van der Waals surface area contributed by atoms with Crippen LogP contribution in [-0.4, -0.2) is 24.2 Å². The minimum atomic E-state index is -0.701. The molecule has 2 aliphatic rings. The fraction of sp³-hybridized carbons (Fsp3) is 0.727. The van der Waals surface area contributed by atoms with Crippen LogP contribution in [-0.2, 0) is 4.79 Å². The van der Waals surface area contributed by atoms with Crippen molar-refractivity contribution in [1.82, 2.24) is 5.32 Å². The maximum atomic E-state index is 11.0. The van der Waals surface area contributed by atoms with E-state index in [0.29, 0.717) is 17.9 Å². The summed E-state index contributed by atoms with van der Waals surface area (Å²) in [6.07, 6.45) is 5.60. The number of hydrogen-bond donors (Lipinski definition) is 2. The Hall–Kier alpha value is -0.830. The van der Waals surface area contributed by atoms with Crippen molar-refractivity contribution in [3.05, 3.63) is 11.1 Å². The molecule has 0 aromatic carbocycles. The van der Waals surface area contributed by atoms with Crippen molar-refractivity contribution < 1.29 is 9.90 Å². The molecule has 0 amide bonds. The Labute approximate surface area is 84.2 Å². The number of carboxylic acids is 1. The molecule has 0 spiro atoms. The van der Waals surface area contributed by atoms with Crippen LogP contribution in [0, 0.1) is 5.92 Å². The zero-order valence-corrected chi connectivity index (χ0v) is 8.38. The Morgan fingerprint density at radius 1 is 1.36 bits per heavy atom. The molecule has 3 heteroatoms. The molecular formula is C11H17NO2. The average molecular weight is 195 g/mol. The van der Waals surface area contributed by atoms with E-state index in [1.54, 1.807) is 0 Å². The molecule has 78 valence electrons. The zero-order chi connectivity index (χ0) is 9.97. The van der Waals surface area contributed by atoms with Gasteiger partial charge in [0.15, 0.2) is 0 Å². The minimum Gasteiger partial charge on any atom is -0.478 e. The second kappa shape index (κ2) is 4.13. The van der Waals surface area contributed by atoms with Crippen molar-refractivity contribution in [3.63, 3.8) is 0 Å². The Morgan fingerprint density at radius 2 is 2.07 bits per heavy atom. The molecule has 1 saturated carbocycles. The van der Waals surface area contributed by atoms with Gasteiger partial charge in [0.1, 0.15) is 0 Å². The largest absolute Gasteiger partial charge is 0.478 e. The standard InChI is InChI=1S/C11H17NO2/c13-11(14)9-5-6-12-7-10(9)8-3-1-2-4-8/h8,12H,1-7H2,(H,13,14). The lowest BCUT2D eigenvalue weighted by Gasteiger charge is -2.23. The summed E-state index contributed by atoms with van der Waals surface area (Å²) >= 11 is 0. The molecule has 0 unspecified atom stereocenters. The smallest absolute Gasteiger partial charge is 0.331 e. The van der Waals surface area contributed by atoms with Gasteiger partial charge in [0.2, 0.25) is 0 Å². The SMILES string of the molecule is O=C(O)C1=C(C2CCCC2)CNCC1. The summed E-state index contributed by atoms with van der Waals surface area (Å²) in [4.78, 5) is 11.0. The lowest BCUT2D eigenvalue weighted by Crippen LogP contribution is -2.30. The van der Waals surface area contributed by atoms with Crippen LogP contribution < -0.4 is 5.32 Å². The molecule has 1 heterocycles. The third-order valence-electron chi connectivity index (χ3n) is 3.36. The minimum absolute atomic E-state index is 0.550. The Balaban J connectivity index is 2.21. The highest BCUT2D eigenvalue weighted by Gasteiger charge is 2.26. The Bertz CT molecular complexity index is 264. The second-order valence-electron chi connectivity index (χ2n) is 4.22. The van der Waals surface area contributed by atoms with Crippen molar-refractivity contribution in [3.8, 4) is 0 Å². The second-order valence-corrected chi connectivity index (χ2v) is 4.22. The zero-order valence-electron chi connectivity index (χ0n) is 8.38. The Kier molecular flexibility index (Phi) is 2.87. The molecule has 0 atom stereocenters. The molecule has 0 radical (unpaired) electrons. The lowest BCUT2D eigenvalue weighted by atomic mass is 9.89. The van der Waals surface area contributed by atoms with Gasteiger partial charge in [0.25, 0.3) is 0 Å². The molecule has 2 rings (SSSR count). The number of nitrogens with one attached hydrogen (secondary N) is 1. The molecule has 1 aliphatic carbocycles. The fourth-order valence-corrected chi connectivity index (χ4v) is 2.61. The van der Waals surface area contributed by atoms with Crippen molar-refractivity contribution in [2.45, 2.75) is 32.1 Å². The van der Waals surface area contributed by atoms with Crippen LogP contribution in [0.2, 0.25) is 0 Å². The predicted molar refractivity (Wildman–Crippen MR) is 54.1 cm³/mol. The third kappa shape index (κ3) is 1.82. The van der Waals surface area contributed by atoms with Crippen molar-refractivity contribution >= 4 is 5.97 Å². The van der Waals surface area contributed by atoms with Gasteiger partial charge in [-0.25, -0.2) is 4.79 Å². The monoisotopic (exact) mass is 195 g/mol. The average Bonchev–Trinajstić information content (AvgIpc) is 2.70. The van der Waals surface area contributed by atoms with Crippen LogP contribution in [0.25, 0.3) is 0 Å². The highest BCUT2D eigenvalue weighted by atomic mass is 16.4. The number of aliphatic carboxylic acids is 1. The molecular weight excluding hydrogens is 178 g/mol. The van der Waals surface area contributed by atoms with Crippen molar-refractivity contribution in [1.29, 1.82) is 0 Å². The molecule has 0 bridgehead atoms. The first-order valence-electron chi connectivity index (χ1n) is 5.45. The third-order valence-corrected chi connectivity index (χ3v) is 3.36. The van der Waals surface area contributed by atoms with Crippen LogP contribution in [0.5, 0.6) is 0 Å². The number of carboxylic acid groups (broad SMARTS) is 1. The normalized spacial score (nSPS) is 24.3. The first kappa shape index (κ1) is 9.71. The molecule has 1 fully saturated rings. The van der Waals surface area contributed by atoms with E-state index in [1.807, 2.05) is 0 Å². The molecule has 0 aromatic heterocycles. The number of carbonyl (C=O) groups is 1. The van der Waals surface area contributed by atoms with Gasteiger partial charge >= 0.3 is 5.97 Å². The van der Waals surface area contributed by atoms with Gasteiger partial charge < -0.3 is 10.4 Å². The van der Waals surface area contributed by atoms with E-state index in [0.717, 1.165) is 13.1 Å². The topological polar surface area (TPSA) is 49.3 Å². The fourth-order valence-electron chi connectivity index (χ4n) is 2.61. The van der Waals surface area contributed by atoms with Gasteiger partial charge in [0, 0.05) is 12.1 Å². The van der Waals surface area contributed by atoms with Crippen molar-refractivity contribution in [2.75, 3.05) is 13.1 Å². The summed E-state index contributed by atoms with van der Waals surface area (Å²) in [6, 6.07) is 0. The lowest BCUT2D eigenvalue weighted by molar-refractivity contribution is -0.133. The summed E-state index contributed by atoms with van der Waals surface area (Å²) in [5.41, 5.74) is 1.87. The maximum Gasteiger partial charge on any atom is 0.331 e. The summed E-state index contributed by atoms with van der Waals surface area (Å²) in [7, 11) is 0. The first-order chi connectivity index (χ1) is 6.79. The van der Waals surface area contributed by atoms with E-state index in [9.17, 15) is 4.79 Å². The predicted octanol–water partition coefficient (Wildman–Crippen LogP) is 1.55. The molecule has 14 heavy (non-hydrogen) atoms. The van der Waals surface area contributed by atoms with E-state index < -0.39 is 5.97 Å². The number of rotatable bonds is 2. The van der Waals surface area contributed by atoms with Gasteiger partial charge in [-0.15, -0.1) is 0 Å². The molecule has 2 N–H and O–H groups in total. The quantitative estimate of drug-likeness (QED) is 0.703. The van der Waals surface area contributed by atoms with Gasteiger partial charge in [0.05, 0.1) is 0 Å². The van der Waals surface area contributed by atoms with E-state index in [1.165, 1.54) is 31.3 Å². The Morgan fingerprint density at radius 3 is 2.71 bits per heavy atom. The number of hydrogen-bond acceptors (Lipinski definition) is 2. The van der Waals surface area contributed by atoms with Crippen LogP contribution in [0.1, 0.15) is 32.1 Å². The molecule has 1 aliphatic heterocycles. The van der Waals surface area contributed by atoms with Crippen LogP contribution >= 0.6 is 0 Å². The summed E-state index contributed by atoms with van der Waals surface area (Å²) in [6.45, 7) is 1.62. The van der Waals surface area contributed by atoms with Crippen LogP contribution in [0.3, 0.4) is 0 Å². The van der Waals surface area contributed by atoms with E-state index in [2.05, 4.69) is 5.32 Å². The van der Waals surface area contributed by atoms with Crippen molar-refractivity contribution in [2.24, 2.45) is 5.92 Å². The molecule has 0 saturated heterocycles. The van der Waals surface area contributed by atoms with E-state index in [4.69, 9.17) is 5.11 Å². The van der Waals surface area contributed by atoms with E-state index >= 15 is 0 Å². The van der Waals surface area contributed by atoms with Crippen LogP contribution in [0.4, 0.5) is 0 Å². The van der Waals surface area contributed by atoms with Gasteiger partial charge in [-0.2, -0.15) is 0 Å². The summed E-state index contributed by atoms with van der Waals surface area (Å²) in [5, 5.41) is 12.4.